The standard InChI is InChI=1S/C13H21N3O3/c1-3-16(6-4-12-14-5-7-15(12)2)11-9-19-8-10(11)13(17)18/h5,7,10-11H,3-4,6,8-9H2,1-2H3,(H,17,18). The van der Waals surface area contributed by atoms with Crippen molar-refractivity contribution < 1.29 is 14.6 Å². The molecule has 2 unspecified atom stereocenters. The summed E-state index contributed by atoms with van der Waals surface area (Å²) >= 11 is 0. The maximum Gasteiger partial charge on any atom is 0.310 e. The molecule has 19 heavy (non-hydrogen) atoms. The van der Waals surface area contributed by atoms with Crippen LogP contribution in [0.25, 0.3) is 0 Å². The Morgan fingerprint density at radius 3 is 3.00 bits per heavy atom. The maximum absolute atomic E-state index is 11.2. The largest absolute Gasteiger partial charge is 0.481 e. The second kappa shape index (κ2) is 6.16. The summed E-state index contributed by atoms with van der Waals surface area (Å²) in [7, 11) is 1.97. The molecule has 0 amide bonds. The second-order valence-electron chi connectivity index (χ2n) is 4.88. The normalized spacial score (nSPS) is 23.1. The molecule has 0 bridgehead atoms. The van der Waals surface area contributed by atoms with Gasteiger partial charge in [0.25, 0.3) is 0 Å². The molecule has 1 fully saturated rings. The summed E-state index contributed by atoms with van der Waals surface area (Å²) in [5.41, 5.74) is 0. The molecule has 0 aliphatic carbocycles. The first kappa shape index (κ1) is 14.0. The molecule has 0 saturated carbocycles. The van der Waals surface area contributed by atoms with Crippen molar-refractivity contribution in [2.75, 3.05) is 26.3 Å². The zero-order valence-electron chi connectivity index (χ0n) is 11.5. The third-order valence-electron chi connectivity index (χ3n) is 3.79. The summed E-state index contributed by atoms with van der Waals surface area (Å²) in [6.45, 7) is 4.50. The van der Waals surface area contributed by atoms with Crippen LogP contribution in [0.4, 0.5) is 0 Å². The van der Waals surface area contributed by atoms with Gasteiger partial charge in [-0.05, 0) is 6.54 Å². The van der Waals surface area contributed by atoms with Crippen molar-refractivity contribution in [2.45, 2.75) is 19.4 Å². The summed E-state index contributed by atoms with van der Waals surface area (Å²) in [6.07, 6.45) is 4.52. The van der Waals surface area contributed by atoms with Gasteiger partial charge in [0.2, 0.25) is 0 Å². The Hall–Kier alpha value is -1.40. The summed E-state index contributed by atoms with van der Waals surface area (Å²) < 4.78 is 7.32. The van der Waals surface area contributed by atoms with Crippen molar-refractivity contribution in [1.29, 1.82) is 0 Å². The summed E-state index contributed by atoms with van der Waals surface area (Å²) in [4.78, 5) is 17.7. The lowest BCUT2D eigenvalue weighted by atomic mass is 10.0. The molecular formula is C13H21N3O3. The zero-order valence-corrected chi connectivity index (χ0v) is 11.5. The smallest absolute Gasteiger partial charge is 0.310 e. The van der Waals surface area contributed by atoms with Gasteiger partial charge in [0, 0.05) is 38.4 Å². The van der Waals surface area contributed by atoms with Crippen molar-refractivity contribution in [3.8, 4) is 0 Å². The van der Waals surface area contributed by atoms with Crippen LogP contribution in [0, 0.1) is 5.92 Å². The SMILES string of the molecule is CCN(CCc1nccn1C)C1COCC1C(=O)O. The molecule has 106 valence electrons. The van der Waals surface area contributed by atoms with Crippen LogP contribution < -0.4 is 0 Å². The highest BCUT2D eigenvalue weighted by molar-refractivity contribution is 5.71. The lowest BCUT2D eigenvalue weighted by Crippen LogP contribution is -2.44. The number of hydrogen-bond donors (Lipinski definition) is 1. The molecule has 2 rings (SSSR count). The lowest BCUT2D eigenvalue weighted by molar-refractivity contribution is -0.143. The Labute approximate surface area is 113 Å². The number of likely N-dealkylation sites (N-methyl/N-ethyl adjacent to an activating group) is 1. The topological polar surface area (TPSA) is 67.6 Å². The van der Waals surface area contributed by atoms with E-state index in [4.69, 9.17) is 4.74 Å². The maximum atomic E-state index is 11.2. The minimum Gasteiger partial charge on any atom is -0.481 e. The zero-order chi connectivity index (χ0) is 13.8. The molecule has 0 aromatic carbocycles. The summed E-state index contributed by atoms with van der Waals surface area (Å²) in [6, 6.07) is -0.0252. The van der Waals surface area contributed by atoms with Crippen LogP contribution in [-0.4, -0.2) is 57.9 Å². The van der Waals surface area contributed by atoms with Crippen LogP contribution in [0.1, 0.15) is 12.7 Å². The Bertz CT molecular complexity index is 433. The van der Waals surface area contributed by atoms with E-state index in [0.29, 0.717) is 13.2 Å². The number of carbonyl (C=O) groups is 1. The molecule has 1 aliphatic rings. The Morgan fingerprint density at radius 1 is 1.63 bits per heavy atom. The van der Waals surface area contributed by atoms with Gasteiger partial charge in [-0.25, -0.2) is 4.98 Å². The quantitative estimate of drug-likeness (QED) is 0.807. The third kappa shape index (κ3) is 3.13. The van der Waals surface area contributed by atoms with Gasteiger partial charge in [0.15, 0.2) is 0 Å². The van der Waals surface area contributed by atoms with Crippen LogP contribution in [0.5, 0.6) is 0 Å². The molecule has 1 saturated heterocycles. The van der Waals surface area contributed by atoms with Gasteiger partial charge in [0.05, 0.1) is 19.1 Å². The number of carboxylic acid groups (broad SMARTS) is 1. The van der Waals surface area contributed by atoms with Gasteiger partial charge in [-0.1, -0.05) is 6.92 Å². The molecule has 6 heteroatoms. The predicted octanol–water partition coefficient (Wildman–Crippen LogP) is 0.384. The van der Waals surface area contributed by atoms with E-state index < -0.39 is 11.9 Å². The highest BCUT2D eigenvalue weighted by Crippen LogP contribution is 2.20. The average Bonchev–Trinajstić information content (AvgIpc) is 3.00. The number of rotatable bonds is 6. The van der Waals surface area contributed by atoms with Crippen molar-refractivity contribution in [1.82, 2.24) is 14.5 Å². The van der Waals surface area contributed by atoms with Crippen LogP contribution >= 0.6 is 0 Å². The minimum absolute atomic E-state index is 0.0252. The predicted molar refractivity (Wildman–Crippen MR) is 69.9 cm³/mol. The molecule has 1 aliphatic heterocycles. The van der Waals surface area contributed by atoms with Crippen LogP contribution in [0.15, 0.2) is 12.4 Å². The fraction of sp³-hybridized carbons (Fsp3) is 0.692. The molecular weight excluding hydrogens is 246 g/mol. The van der Waals surface area contributed by atoms with E-state index in [1.807, 2.05) is 17.8 Å². The number of ether oxygens (including phenoxy) is 1. The van der Waals surface area contributed by atoms with E-state index in [9.17, 15) is 9.90 Å². The molecule has 6 nitrogen and oxygen atoms in total. The minimum atomic E-state index is -0.766. The van der Waals surface area contributed by atoms with Crippen LogP contribution in [0.3, 0.4) is 0 Å². The second-order valence-corrected chi connectivity index (χ2v) is 4.88. The number of nitrogens with zero attached hydrogens (tertiary/aromatic N) is 3. The fourth-order valence-corrected chi connectivity index (χ4v) is 2.58. The van der Waals surface area contributed by atoms with Crippen molar-refractivity contribution in [3.63, 3.8) is 0 Å². The van der Waals surface area contributed by atoms with Gasteiger partial charge in [-0.15, -0.1) is 0 Å². The van der Waals surface area contributed by atoms with Gasteiger partial charge in [-0.3, -0.25) is 9.69 Å². The molecule has 1 N–H and O–H groups in total. The Morgan fingerprint density at radius 2 is 2.42 bits per heavy atom. The molecule has 2 heterocycles. The first-order chi connectivity index (χ1) is 9.13. The van der Waals surface area contributed by atoms with Crippen molar-refractivity contribution in [2.24, 2.45) is 13.0 Å². The highest BCUT2D eigenvalue weighted by atomic mass is 16.5. The van der Waals surface area contributed by atoms with Crippen LogP contribution in [-0.2, 0) is 23.0 Å². The van der Waals surface area contributed by atoms with Crippen LogP contribution in [0.2, 0.25) is 0 Å². The number of imidazole rings is 1. The van der Waals surface area contributed by atoms with Gasteiger partial charge < -0.3 is 14.4 Å². The number of carboxylic acids is 1. The lowest BCUT2D eigenvalue weighted by Gasteiger charge is -2.28. The average molecular weight is 267 g/mol. The monoisotopic (exact) mass is 267 g/mol. The van der Waals surface area contributed by atoms with E-state index in [2.05, 4.69) is 16.8 Å². The molecule has 0 radical (unpaired) electrons. The first-order valence-electron chi connectivity index (χ1n) is 6.64. The number of hydrogen-bond acceptors (Lipinski definition) is 4. The first-order valence-corrected chi connectivity index (χ1v) is 6.64. The van der Waals surface area contributed by atoms with Gasteiger partial charge >= 0.3 is 5.97 Å². The van der Waals surface area contributed by atoms with Gasteiger partial charge in [-0.2, -0.15) is 0 Å². The number of aryl methyl sites for hydroxylation is 1. The van der Waals surface area contributed by atoms with E-state index in [0.717, 1.165) is 25.3 Å². The van der Waals surface area contributed by atoms with E-state index in [1.165, 1.54) is 0 Å². The summed E-state index contributed by atoms with van der Waals surface area (Å²) in [5, 5.41) is 9.20. The van der Waals surface area contributed by atoms with E-state index in [-0.39, 0.29) is 6.04 Å². The number of aliphatic carboxylic acids is 1. The highest BCUT2D eigenvalue weighted by Gasteiger charge is 2.37. The molecule has 0 spiro atoms. The number of aromatic nitrogens is 2. The molecule has 1 aromatic rings. The van der Waals surface area contributed by atoms with Crippen molar-refractivity contribution in [3.05, 3.63) is 18.2 Å². The van der Waals surface area contributed by atoms with Gasteiger partial charge in [0.1, 0.15) is 5.82 Å². The summed E-state index contributed by atoms with van der Waals surface area (Å²) in [5.74, 6) is -0.163. The fourth-order valence-electron chi connectivity index (χ4n) is 2.58. The Kier molecular flexibility index (Phi) is 4.55. The Balaban J connectivity index is 1.96. The van der Waals surface area contributed by atoms with E-state index >= 15 is 0 Å². The molecule has 2 atom stereocenters. The molecule has 1 aromatic heterocycles. The van der Waals surface area contributed by atoms with E-state index in [1.54, 1.807) is 6.20 Å². The third-order valence-corrected chi connectivity index (χ3v) is 3.79. The van der Waals surface area contributed by atoms with Crippen molar-refractivity contribution >= 4 is 5.97 Å².